The van der Waals surface area contributed by atoms with Gasteiger partial charge in [0.1, 0.15) is 10.6 Å². The van der Waals surface area contributed by atoms with Crippen LogP contribution in [0.1, 0.15) is 12.0 Å². The van der Waals surface area contributed by atoms with Crippen LogP contribution in [0.3, 0.4) is 0 Å². The fourth-order valence-electron chi connectivity index (χ4n) is 1.92. The summed E-state index contributed by atoms with van der Waals surface area (Å²) in [5, 5.41) is 9.11. The Kier molecular flexibility index (Phi) is 6.60. The Bertz CT molecular complexity index is 558. The summed E-state index contributed by atoms with van der Waals surface area (Å²) in [6, 6.07) is 4.60. The molecule has 0 aliphatic carbocycles. The van der Waals surface area contributed by atoms with E-state index in [1.165, 1.54) is 17.5 Å². The second kappa shape index (κ2) is 7.74. The molecule has 0 amide bonds. The number of nitrogens with zero attached hydrogens (tertiary/aromatic N) is 2. The Morgan fingerprint density at radius 3 is 2.38 bits per heavy atom. The minimum absolute atomic E-state index is 0.120. The predicted molar refractivity (Wildman–Crippen MR) is 81.9 cm³/mol. The SMILES string of the molecule is COc1cc(CO)ccc1S(=O)(=O)N(C)CCCN(C)C. The molecule has 0 aliphatic rings. The predicted octanol–water partition coefficient (Wildman–Crippen LogP) is 0.760. The molecule has 0 aliphatic heterocycles. The molecule has 1 aromatic carbocycles. The number of benzene rings is 1. The highest BCUT2D eigenvalue weighted by Crippen LogP contribution is 2.27. The summed E-state index contributed by atoms with van der Waals surface area (Å²) in [7, 11) is 3.28. The van der Waals surface area contributed by atoms with E-state index in [0.29, 0.717) is 12.1 Å². The highest BCUT2D eigenvalue weighted by atomic mass is 32.2. The van der Waals surface area contributed by atoms with Crippen LogP contribution < -0.4 is 4.74 Å². The van der Waals surface area contributed by atoms with Crippen molar-refractivity contribution in [1.29, 1.82) is 0 Å². The van der Waals surface area contributed by atoms with Crippen LogP contribution in [0.4, 0.5) is 0 Å². The number of methoxy groups -OCH3 is 1. The van der Waals surface area contributed by atoms with Gasteiger partial charge in [0.15, 0.2) is 0 Å². The second-order valence-corrected chi connectivity index (χ2v) is 7.14. The van der Waals surface area contributed by atoms with Crippen molar-refractivity contribution in [3.05, 3.63) is 23.8 Å². The third-order valence-electron chi connectivity index (χ3n) is 3.18. The zero-order valence-corrected chi connectivity index (χ0v) is 13.9. The molecule has 1 aromatic rings. The van der Waals surface area contributed by atoms with Gasteiger partial charge in [-0.05, 0) is 44.8 Å². The maximum atomic E-state index is 12.6. The maximum Gasteiger partial charge on any atom is 0.246 e. The summed E-state index contributed by atoms with van der Waals surface area (Å²) in [6.45, 7) is 1.10. The number of hydrogen-bond acceptors (Lipinski definition) is 5. The van der Waals surface area contributed by atoms with Crippen molar-refractivity contribution in [2.45, 2.75) is 17.9 Å². The molecule has 1 rings (SSSR count). The molecule has 0 aromatic heterocycles. The molecule has 1 N–H and O–H groups in total. The first kappa shape index (κ1) is 17.9. The fraction of sp³-hybridized carbons (Fsp3) is 0.571. The first-order valence-corrected chi connectivity index (χ1v) is 8.15. The molecule has 7 heteroatoms. The Balaban J connectivity index is 2.96. The van der Waals surface area contributed by atoms with E-state index in [9.17, 15) is 8.42 Å². The third-order valence-corrected chi connectivity index (χ3v) is 5.07. The lowest BCUT2D eigenvalue weighted by atomic mass is 10.2. The van der Waals surface area contributed by atoms with Gasteiger partial charge in [0.05, 0.1) is 13.7 Å². The topological polar surface area (TPSA) is 70.1 Å². The molecular formula is C14H24N2O4S. The van der Waals surface area contributed by atoms with Crippen LogP contribution in [0.5, 0.6) is 5.75 Å². The lowest BCUT2D eigenvalue weighted by Gasteiger charge is -2.20. The second-order valence-electron chi connectivity index (χ2n) is 5.13. The lowest BCUT2D eigenvalue weighted by molar-refractivity contribution is 0.280. The molecule has 0 saturated carbocycles. The van der Waals surface area contributed by atoms with E-state index in [0.717, 1.165) is 13.0 Å². The number of rotatable bonds is 8. The minimum Gasteiger partial charge on any atom is -0.495 e. The summed E-state index contributed by atoms with van der Waals surface area (Å²) < 4.78 is 31.6. The van der Waals surface area contributed by atoms with Gasteiger partial charge in [0.25, 0.3) is 0 Å². The number of hydrogen-bond donors (Lipinski definition) is 1. The third kappa shape index (κ3) is 4.67. The van der Waals surface area contributed by atoms with E-state index in [1.54, 1.807) is 19.2 Å². The van der Waals surface area contributed by atoms with Crippen LogP contribution in [-0.2, 0) is 16.6 Å². The van der Waals surface area contributed by atoms with Gasteiger partial charge in [0, 0.05) is 13.6 Å². The summed E-state index contributed by atoms with van der Waals surface area (Å²) in [4.78, 5) is 2.13. The van der Waals surface area contributed by atoms with Crippen molar-refractivity contribution >= 4 is 10.0 Å². The standard InChI is InChI=1S/C14H24N2O4S/c1-15(2)8-5-9-16(3)21(18,19)14-7-6-12(11-17)10-13(14)20-4/h6-7,10,17H,5,8-9,11H2,1-4H3. The molecule has 0 fully saturated rings. The Labute approximate surface area is 127 Å². The van der Waals surface area contributed by atoms with Crippen LogP contribution in [0, 0.1) is 0 Å². The smallest absolute Gasteiger partial charge is 0.246 e. The van der Waals surface area contributed by atoms with Crippen molar-refractivity contribution in [2.24, 2.45) is 0 Å². The van der Waals surface area contributed by atoms with Crippen molar-refractivity contribution in [1.82, 2.24) is 9.21 Å². The number of aliphatic hydroxyl groups excluding tert-OH is 1. The van der Waals surface area contributed by atoms with E-state index in [4.69, 9.17) is 9.84 Å². The van der Waals surface area contributed by atoms with Crippen molar-refractivity contribution < 1.29 is 18.3 Å². The summed E-state index contributed by atoms with van der Waals surface area (Å²) >= 11 is 0. The van der Waals surface area contributed by atoms with Gasteiger partial charge >= 0.3 is 0 Å². The average molecular weight is 316 g/mol. The van der Waals surface area contributed by atoms with E-state index < -0.39 is 10.0 Å². The fourth-order valence-corrected chi connectivity index (χ4v) is 3.26. The average Bonchev–Trinajstić information content (AvgIpc) is 2.45. The first-order valence-electron chi connectivity index (χ1n) is 6.71. The van der Waals surface area contributed by atoms with Gasteiger partial charge in [-0.15, -0.1) is 0 Å². The van der Waals surface area contributed by atoms with Crippen LogP contribution in [0.2, 0.25) is 0 Å². The van der Waals surface area contributed by atoms with Gasteiger partial charge in [-0.2, -0.15) is 0 Å². The van der Waals surface area contributed by atoms with Gasteiger partial charge < -0.3 is 14.7 Å². The van der Waals surface area contributed by atoms with Crippen LogP contribution in [0.15, 0.2) is 23.1 Å². The molecule has 6 nitrogen and oxygen atoms in total. The summed E-state index contributed by atoms with van der Waals surface area (Å²) in [6.07, 6.45) is 0.750. The molecule has 21 heavy (non-hydrogen) atoms. The molecule has 0 bridgehead atoms. The number of ether oxygens (including phenoxy) is 1. The van der Waals surface area contributed by atoms with E-state index in [2.05, 4.69) is 0 Å². The van der Waals surface area contributed by atoms with Crippen LogP contribution in [0.25, 0.3) is 0 Å². The summed E-state index contributed by atoms with van der Waals surface area (Å²) in [5.41, 5.74) is 0.612. The zero-order chi connectivity index (χ0) is 16.0. The largest absolute Gasteiger partial charge is 0.495 e. The molecule has 0 unspecified atom stereocenters. The first-order chi connectivity index (χ1) is 9.82. The molecule has 0 saturated heterocycles. The molecule has 0 radical (unpaired) electrons. The zero-order valence-electron chi connectivity index (χ0n) is 13.0. The molecule has 0 atom stereocenters. The van der Waals surface area contributed by atoms with Gasteiger partial charge in [-0.3, -0.25) is 0 Å². The monoisotopic (exact) mass is 316 g/mol. The Morgan fingerprint density at radius 2 is 1.86 bits per heavy atom. The highest BCUT2D eigenvalue weighted by Gasteiger charge is 2.24. The number of aliphatic hydroxyl groups is 1. The highest BCUT2D eigenvalue weighted by molar-refractivity contribution is 7.89. The van der Waals surface area contributed by atoms with E-state index in [1.807, 2.05) is 19.0 Å². The minimum atomic E-state index is -3.60. The molecule has 0 spiro atoms. The van der Waals surface area contributed by atoms with Gasteiger partial charge in [0.2, 0.25) is 10.0 Å². The van der Waals surface area contributed by atoms with E-state index in [-0.39, 0.29) is 17.3 Å². The van der Waals surface area contributed by atoms with Gasteiger partial charge in [-0.25, -0.2) is 12.7 Å². The van der Waals surface area contributed by atoms with Crippen molar-refractivity contribution in [3.8, 4) is 5.75 Å². The van der Waals surface area contributed by atoms with Crippen LogP contribution >= 0.6 is 0 Å². The normalized spacial score (nSPS) is 12.1. The quantitative estimate of drug-likeness (QED) is 0.767. The molecular weight excluding hydrogens is 292 g/mol. The van der Waals surface area contributed by atoms with Crippen molar-refractivity contribution in [3.63, 3.8) is 0 Å². The van der Waals surface area contributed by atoms with Crippen LogP contribution in [-0.4, -0.2) is 64.1 Å². The number of sulfonamides is 1. The lowest BCUT2D eigenvalue weighted by Crippen LogP contribution is -2.30. The molecule has 0 heterocycles. The van der Waals surface area contributed by atoms with E-state index >= 15 is 0 Å². The maximum absolute atomic E-state index is 12.6. The summed E-state index contributed by atoms with van der Waals surface area (Å²) in [5.74, 6) is 0.251. The molecule has 120 valence electrons. The van der Waals surface area contributed by atoms with Crippen molar-refractivity contribution in [2.75, 3.05) is 41.3 Å². The van der Waals surface area contributed by atoms with Gasteiger partial charge in [-0.1, -0.05) is 6.07 Å². The Morgan fingerprint density at radius 1 is 1.19 bits per heavy atom. The Hall–Kier alpha value is -1.15.